The number of carbonyl (C=O) groups excluding carboxylic acids is 1. The number of nitrogens with zero attached hydrogens (tertiary/aromatic N) is 1. The number of thiazole rings is 1. The van der Waals surface area contributed by atoms with E-state index >= 15 is 0 Å². The SMILES string of the molecule is O=C(Cc1ccc(C(F)(F)F)cc1)Nc1nc(-c2ccccc2)cs1. The summed E-state index contributed by atoms with van der Waals surface area (Å²) in [5.41, 5.74) is 1.48. The summed E-state index contributed by atoms with van der Waals surface area (Å²) in [4.78, 5) is 16.4. The minimum atomic E-state index is -4.38. The highest BCUT2D eigenvalue weighted by Gasteiger charge is 2.29. The quantitative estimate of drug-likeness (QED) is 0.709. The van der Waals surface area contributed by atoms with E-state index in [4.69, 9.17) is 0 Å². The van der Waals surface area contributed by atoms with E-state index in [0.29, 0.717) is 10.7 Å². The molecule has 0 saturated carbocycles. The number of amides is 1. The third-order valence-corrected chi connectivity index (χ3v) is 4.22. The van der Waals surface area contributed by atoms with E-state index in [1.54, 1.807) is 0 Å². The maximum absolute atomic E-state index is 12.5. The van der Waals surface area contributed by atoms with Crippen molar-refractivity contribution in [3.8, 4) is 11.3 Å². The molecule has 1 amide bonds. The van der Waals surface area contributed by atoms with Gasteiger partial charge in [0, 0.05) is 10.9 Å². The van der Waals surface area contributed by atoms with Gasteiger partial charge in [-0.15, -0.1) is 11.3 Å². The molecule has 0 aliphatic rings. The van der Waals surface area contributed by atoms with Gasteiger partial charge in [0.05, 0.1) is 17.7 Å². The monoisotopic (exact) mass is 362 g/mol. The molecule has 3 nitrogen and oxygen atoms in total. The number of benzene rings is 2. The van der Waals surface area contributed by atoms with Crippen molar-refractivity contribution in [3.63, 3.8) is 0 Å². The topological polar surface area (TPSA) is 42.0 Å². The molecule has 25 heavy (non-hydrogen) atoms. The number of halogens is 3. The molecular weight excluding hydrogens is 349 g/mol. The first kappa shape index (κ1) is 17.2. The third kappa shape index (κ3) is 4.45. The molecule has 3 aromatic rings. The van der Waals surface area contributed by atoms with Gasteiger partial charge in [-0.1, -0.05) is 42.5 Å². The zero-order chi connectivity index (χ0) is 17.9. The van der Waals surface area contributed by atoms with E-state index in [1.807, 2.05) is 35.7 Å². The number of anilines is 1. The number of aromatic nitrogens is 1. The van der Waals surface area contributed by atoms with Crippen LogP contribution in [-0.4, -0.2) is 10.9 Å². The summed E-state index contributed by atoms with van der Waals surface area (Å²) >= 11 is 1.30. The summed E-state index contributed by atoms with van der Waals surface area (Å²) in [6, 6.07) is 14.1. The van der Waals surface area contributed by atoms with E-state index in [2.05, 4.69) is 10.3 Å². The third-order valence-electron chi connectivity index (χ3n) is 3.47. The Morgan fingerprint density at radius 1 is 1.04 bits per heavy atom. The van der Waals surface area contributed by atoms with Gasteiger partial charge in [0.2, 0.25) is 5.91 Å². The first-order valence-electron chi connectivity index (χ1n) is 7.39. The average Bonchev–Trinajstić information content (AvgIpc) is 3.03. The summed E-state index contributed by atoms with van der Waals surface area (Å²) in [5.74, 6) is -0.325. The van der Waals surface area contributed by atoms with Crippen LogP contribution < -0.4 is 5.32 Å². The predicted octanol–water partition coefficient (Wildman–Crippen LogP) is 5.01. The molecule has 0 saturated heterocycles. The minimum absolute atomic E-state index is 0.0155. The minimum Gasteiger partial charge on any atom is -0.302 e. The fraction of sp³-hybridized carbons (Fsp3) is 0.111. The second-order valence-electron chi connectivity index (χ2n) is 5.32. The van der Waals surface area contributed by atoms with Crippen LogP contribution in [0, 0.1) is 0 Å². The zero-order valence-corrected chi connectivity index (χ0v) is 13.7. The summed E-state index contributed by atoms with van der Waals surface area (Å²) in [6.45, 7) is 0. The summed E-state index contributed by atoms with van der Waals surface area (Å²) in [6.07, 6.45) is -4.39. The number of carbonyl (C=O) groups is 1. The fourth-order valence-electron chi connectivity index (χ4n) is 2.23. The number of hydrogen-bond acceptors (Lipinski definition) is 3. The highest BCUT2D eigenvalue weighted by Crippen LogP contribution is 2.29. The van der Waals surface area contributed by atoms with Crippen molar-refractivity contribution < 1.29 is 18.0 Å². The van der Waals surface area contributed by atoms with Crippen LogP contribution in [0.25, 0.3) is 11.3 Å². The van der Waals surface area contributed by atoms with E-state index < -0.39 is 11.7 Å². The van der Waals surface area contributed by atoms with Gasteiger partial charge in [-0.25, -0.2) is 4.98 Å². The van der Waals surface area contributed by atoms with Crippen LogP contribution in [0.1, 0.15) is 11.1 Å². The van der Waals surface area contributed by atoms with Crippen molar-refractivity contribution in [1.29, 1.82) is 0 Å². The van der Waals surface area contributed by atoms with Crippen molar-refractivity contribution >= 4 is 22.4 Å². The lowest BCUT2D eigenvalue weighted by Gasteiger charge is -2.07. The van der Waals surface area contributed by atoms with E-state index in [9.17, 15) is 18.0 Å². The lowest BCUT2D eigenvalue weighted by molar-refractivity contribution is -0.137. The summed E-state index contributed by atoms with van der Waals surface area (Å²) in [7, 11) is 0. The first-order valence-corrected chi connectivity index (χ1v) is 8.27. The number of rotatable bonds is 4. The lowest BCUT2D eigenvalue weighted by Crippen LogP contribution is -2.14. The maximum atomic E-state index is 12.5. The van der Waals surface area contributed by atoms with Crippen LogP contribution >= 0.6 is 11.3 Å². The van der Waals surface area contributed by atoms with E-state index in [1.165, 1.54) is 23.5 Å². The Labute approximate surface area is 146 Å². The van der Waals surface area contributed by atoms with Gasteiger partial charge >= 0.3 is 6.18 Å². The lowest BCUT2D eigenvalue weighted by atomic mass is 10.1. The normalized spacial score (nSPS) is 11.3. The van der Waals surface area contributed by atoms with Gasteiger partial charge in [-0.2, -0.15) is 13.2 Å². The molecule has 0 radical (unpaired) electrons. The van der Waals surface area contributed by atoms with E-state index in [0.717, 1.165) is 23.4 Å². The van der Waals surface area contributed by atoms with Crippen LogP contribution in [-0.2, 0) is 17.4 Å². The molecule has 0 fully saturated rings. The molecule has 0 bridgehead atoms. The highest BCUT2D eigenvalue weighted by atomic mass is 32.1. The predicted molar refractivity (Wildman–Crippen MR) is 91.3 cm³/mol. The zero-order valence-electron chi connectivity index (χ0n) is 12.9. The number of nitrogens with one attached hydrogen (secondary N) is 1. The number of alkyl halides is 3. The van der Waals surface area contributed by atoms with Crippen molar-refractivity contribution in [3.05, 3.63) is 71.1 Å². The fourth-order valence-corrected chi connectivity index (χ4v) is 2.97. The van der Waals surface area contributed by atoms with Crippen molar-refractivity contribution in [2.75, 3.05) is 5.32 Å². The molecule has 2 aromatic carbocycles. The Kier molecular flexibility index (Phi) is 4.85. The van der Waals surface area contributed by atoms with Crippen molar-refractivity contribution in [2.45, 2.75) is 12.6 Å². The van der Waals surface area contributed by atoms with Crippen LogP contribution in [0.3, 0.4) is 0 Å². The second kappa shape index (κ2) is 7.06. The molecule has 0 atom stereocenters. The van der Waals surface area contributed by atoms with Crippen LogP contribution in [0.4, 0.5) is 18.3 Å². The van der Waals surface area contributed by atoms with E-state index in [-0.39, 0.29) is 12.3 Å². The van der Waals surface area contributed by atoms with Gasteiger partial charge in [0.25, 0.3) is 0 Å². The molecule has 128 valence electrons. The molecule has 7 heteroatoms. The van der Waals surface area contributed by atoms with Crippen molar-refractivity contribution in [1.82, 2.24) is 4.98 Å². The molecular formula is C18H13F3N2OS. The van der Waals surface area contributed by atoms with Crippen molar-refractivity contribution in [2.24, 2.45) is 0 Å². The average molecular weight is 362 g/mol. The van der Waals surface area contributed by atoms with Gasteiger partial charge in [-0.05, 0) is 17.7 Å². The molecule has 0 unspecified atom stereocenters. The Morgan fingerprint density at radius 2 is 1.72 bits per heavy atom. The molecule has 0 aliphatic carbocycles. The summed E-state index contributed by atoms with van der Waals surface area (Å²) < 4.78 is 37.6. The van der Waals surface area contributed by atoms with Gasteiger partial charge in [0.1, 0.15) is 0 Å². The Bertz CT molecular complexity index is 858. The van der Waals surface area contributed by atoms with Crippen LogP contribution in [0.2, 0.25) is 0 Å². The molecule has 1 aromatic heterocycles. The van der Waals surface area contributed by atoms with Crippen LogP contribution in [0.15, 0.2) is 60.0 Å². The van der Waals surface area contributed by atoms with Gasteiger partial charge in [0.15, 0.2) is 5.13 Å². The standard InChI is InChI=1S/C18H13F3N2OS/c19-18(20,21)14-8-6-12(7-9-14)10-16(24)23-17-22-15(11-25-17)13-4-2-1-3-5-13/h1-9,11H,10H2,(H,22,23,24). The number of hydrogen-bond donors (Lipinski definition) is 1. The molecule has 0 aliphatic heterocycles. The largest absolute Gasteiger partial charge is 0.416 e. The molecule has 0 spiro atoms. The van der Waals surface area contributed by atoms with Gasteiger partial charge < -0.3 is 5.32 Å². The Balaban J connectivity index is 1.62. The molecule has 1 heterocycles. The first-order chi connectivity index (χ1) is 11.9. The Morgan fingerprint density at radius 3 is 2.36 bits per heavy atom. The maximum Gasteiger partial charge on any atom is 0.416 e. The van der Waals surface area contributed by atoms with Crippen LogP contribution in [0.5, 0.6) is 0 Å². The Hall–Kier alpha value is -2.67. The van der Waals surface area contributed by atoms with Gasteiger partial charge in [-0.3, -0.25) is 4.79 Å². The summed E-state index contributed by atoms with van der Waals surface area (Å²) in [5, 5.41) is 4.96. The smallest absolute Gasteiger partial charge is 0.302 e. The highest BCUT2D eigenvalue weighted by molar-refractivity contribution is 7.14. The second-order valence-corrected chi connectivity index (χ2v) is 6.18. The molecule has 3 rings (SSSR count). The molecule has 1 N–H and O–H groups in total.